The minimum atomic E-state index is -0.0322. The molecular formula is C12H13N3OS. The van der Waals surface area contributed by atoms with Crippen LogP contribution in [0.3, 0.4) is 0 Å². The van der Waals surface area contributed by atoms with Gasteiger partial charge in [-0.05, 0) is 31.0 Å². The fraction of sp³-hybridized carbons (Fsp3) is 0.500. The van der Waals surface area contributed by atoms with Crippen molar-refractivity contribution in [3.63, 3.8) is 0 Å². The van der Waals surface area contributed by atoms with E-state index >= 15 is 0 Å². The van der Waals surface area contributed by atoms with Crippen molar-refractivity contribution in [3.8, 4) is 6.07 Å². The molecule has 1 aromatic heterocycles. The third kappa shape index (κ3) is 1.94. The quantitative estimate of drug-likeness (QED) is 0.850. The van der Waals surface area contributed by atoms with Crippen LogP contribution in [0.2, 0.25) is 0 Å². The molecule has 1 unspecified atom stereocenters. The van der Waals surface area contributed by atoms with Crippen molar-refractivity contribution in [2.45, 2.75) is 12.5 Å². The second kappa shape index (κ2) is 4.13. The van der Waals surface area contributed by atoms with Gasteiger partial charge < -0.3 is 10.2 Å². The van der Waals surface area contributed by atoms with Crippen LogP contribution in [-0.4, -0.2) is 36.5 Å². The molecule has 0 saturated carbocycles. The zero-order valence-electron chi connectivity index (χ0n) is 9.35. The lowest BCUT2D eigenvalue weighted by atomic mass is 10.00. The van der Waals surface area contributed by atoms with Crippen LogP contribution in [0.1, 0.15) is 21.0 Å². The predicted octanol–water partition coefficient (Wildman–Crippen LogP) is 1.05. The van der Waals surface area contributed by atoms with Crippen molar-refractivity contribution in [2.24, 2.45) is 5.92 Å². The SMILES string of the molecule is N#Cc1ccc(C(=O)N[C@H]2CN3CC[C@@H]2C3)s1. The number of thiophene rings is 1. The van der Waals surface area contributed by atoms with Gasteiger partial charge in [0.05, 0.1) is 4.88 Å². The lowest BCUT2D eigenvalue weighted by Crippen LogP contribution is -2.42. The van der Waals surface area contributed by atoms with Gasteiger partial charge in [0.2, 0.25) is 0 Å². The second-order valence-electron chi connectivity index (χ2n) is 4.66. The molecule has 88 valence electrons. The summed E-state index contributed by atoms with van der Waals surface area (Å²) in [6, 6.07) is 5.77. The maximum Gasteiger partial charge on any atom is 0.261 e. The molecule has 3 atom stereocenters. The Morgan fingerprint density at radius 3 is 3.00 bits per heavy atom. The van der Waals surface area contributed by atoms with Gasteiger partial charge in [0.25, 0.3) is 5.91 Å². The fourth-order valence-corrected chi connectivity index (χ4v) is 3.41. The molecule has 2 aliphatic rings. The molecule has 2 bridgehead atoms. The Bertz CT molecular complexity index is 490. The first kappa shape index (κ1) is 10.8. The van der Waals surface area contributed by atoms with Crippen molar-refractivity contribution < 1.29 is 4.79 Å². The summed E-state index contributed by atoms with van der Waals surface area (Å²) in [5.41, 5.74) is 0. The Hall–Kier alpha value is -1.38. The number of nitrogens with one attached hydrogen (secondary N) is 1. The average molecular weight is 247 g/mol. The summed E-state index contributed by atoms with van der Waals surface area (Å²) in [6.45, 7) is 3.28. The van der Waals surface area contributed by atoms with Gasteiger partial charge in [-0.25, -0.2) is 0 Å². The van der Waals surface area contributed by atoms with E-state index in [-0.39, 0.29) is 5.91 Å². The second-order valence-corrected chi connectivity index (χ2v) is 5.75. The highest BCUT2D eigenvalue weighted by atomic mass is 32.1. The summed E-state index contributed by atoms with van der Waals surface area (Å²) < 4.78 is 0. The van der Waals surface area contributed by atoms with Crippen LogP contribution in [0.4, 0.5) is 0 Å². The Balaban J connectivity index is 1.66. The number of carbonyl (C=O) groups excluding carboxylic acids is 1. The Labute approximate surface area is 104 Å². The number of rotatable bonds is 2. The highest BCUT2D eigenvalue weighted by Crippen LogP contribution is 2.28. The Morgan fingerprint density at radius 2 is 2.41 bits per heavy atom. The van der Waals surface area contributed by atoms with E-state index in [1.165, 1.54) is 24.3 Å². The summed E-state index contributed by atoms with van der Waals surface area (Å²) in [4.78, 5) is 15.6. The smallest absolute Gasteiger partial charge is 0.261 e. The van der Waals surface area contributed by atoms with Gasteiger partial charge in [0, 0.05) is 19.1 Å². The molecule has 0 spiro atoms. The molecule has 17 heavy (non-hydrogen) atoms. The van der Waals surface area contributed by atoms with Gasteiger partial charge >= 0.3 is 0 Å². The van der Waals surface area contributed by atoms with Gasteiger partial charge in [0.1, 0.15) is 10.9 Å². The van der Waals surface area contributed by atoms with Crippen molar-refractivity contribution in [2.75, 3.05) is 19.6 Å². The van der Waals surface area contributed by atoms with Crippen molar-refractivity contribution >= 4 is 17.2 Å². The Morgan fingerprint density at radius 1 is 1.53 bits per heavy atom. The monoisotopic (exact) mass is 247 g/mol. The molecule has 4 nitrogen and oxygen atoms in total. The van der Waals surface area contributed by atoms with Crippen LogP contribution >= 0.6 is 11.3 Å². The van der Waals surface area contributed by atoms with Crippen LogP contribution in [-0.2, 0) is 0 Å². The van der Waals surface area contributed by atoms with Gasteiger partial charge in [-0.3, -0.25) is 4.79 Å². The topological polar surface area (TPSA) is 56.1 Å². The minimum absolute atomic E-state index is 0.0322. The first-order valence-electron chi connectivity index (χ1n) is 5.79. The largest absolute Gasteiger partial charge is 0.347 e. The highest BCUT2D eigenvalue weighted by Gasteiger charge is 2.38. The molecule has 2 aliphatic heterocycles. The molecular weight excluding hydrogens is 234 g/mol. The van der Waals surface area contributed by atoms with Gasteiger partial charge in [-0.1, -0.05) is 0 Å². The molecule has 3 heterocycles. The summed E-state index contributed by atoms with van der Waals surface area (Å²) in [7, 11) is 0. The first-order chi connectivity index (χ1) is 8.26. The van der Waals surface area contributed by atoms with Gasteiger partial charge in [-0.2, -0.15) is 5.26 Å². The first-order valence-corrected chi connectivity index (χ1v) is 6.61. The van der Waals surface area contributed by atoms with Gasteiger partial charge in [0.15, 0.2) is 0 Å². The number of nitriles is 1. The lowest BCUT2D eigenvalue weighted by molar-refractivity contribution is 0.0928. The minimum Gasteiger partial charge on any atom is -0.347 e. The van der Waals surface area contributed by atoms with E-state index in [2.05, 4.69) is 16.3 Å². The standard InChI is InChI=1S/C12H13N3OS/c13-5-9-1-2-11(17-9)12(16)14-10-7-15-4-3-8(10)6-15/h1-2,8,10H,3-4,6-7H2,(H,14,16)/t8-,10+/m1/s1. The highest BCUT2D eigenvalue weighted by molar-refractivity contribution is 7.14. The number of hydrogen-bond acceptors (Lipinski definition) is 4. The zero-order valence-corrected chi connectivity index (χ0v) is 10.2. The fourth-order valence-electron chi connectivity index (χ4n) is 2.71. The van der Waals surface area contributed by atoms with Crippen molar-refractivity contribution in [1.82, 2.24) is 10.2 Å². The van der Waals surface area contributed by atoms with Crippen LogP contribution in [0.15, 0.2) is 12.1 Å². The lowest BCUT2D eigenvalue weighted by Gasteiger charge is -2.22. The molecule has 0 aromatic carbocycles. The van der Waals surface area contributed by atoms with Crippen LogP contribution in [0.5, 0.6) is 0 Å². The number of amides is 1. The van der Waals surface area contributed by atoms with E-state index in [0.29, 0.717) is 21.7 Å². The van der Waals surface area contributed by atoms with Crippen molar-refractivity contribution in [3.05, 3.63) is 21.9 Å². The molecule has 5 heteroatoms. The van der Waals surface area contributed by atoms with Gasteiger partial charge in [-0.15, -0.1) is 11.3 Å². The predicted molar refractivity (Wildman–Crippen MR) is 64.8 cm³/mol. The van der Waals surface area contributed by atoms with Crippen LogP contribution < -0.4 is 5.32 Å². The summed E-state index contributed by atoms with van der Waals surface area (Å²) in [5, 5.41) is 11.8. The summed E-state index contributed by atoms with van der Waals surface area (Å²) in [5.74, 6) is 0.588. The van der Waals surface area contributed by atoms with Crippen LogP contribution in [0, 0.1) is 17.2 Å². The molecule has 0 aliphatic carbocycles. The maximum absolute atomic E-state index is 12.0. The number of carbonyl (C=O) groups is 1. The maximum atomic E-state index is 12.0. The third-order valence-corrected chi connectivity index (χ3v) is 4.58. The van der Waals surface area contributed by atoms with Crippen LogP contribution in [0.25, 0.3) is 0 Å². The molecule has 2 fully saturated rings. The van der Waals surface area contributed by atoms with E-state index in [9.17, 15) is 4.79 Å². The summed E-state index contributed by atoms with van der Waals surface area (Å²) >= 11 is 1.26. The molecule has 1 N–H and O–H groups in total. The van der Waals surface area contributed by atoms with E-state index < -0.39 is 0 Å². The molecule has 1 aromatic rings. The zero-order chi connectivity index (χ0) is 11.8. The van der Waals surface area contributed by atoms with Crippen molar-refractivity contribution in [1.29, 1.82) is 5.26 Å². The Kier molecular flexibility index (Phi) is 2.61. The normalized spacial score (nSPS) is 30.2. The number of hydrogen-bond donors (Lipinski definition) is 1. The number of fused-ring (bicyclic) bond motifs is 2. The molecule has 2 saturated heterocycles. The number of piperidine rings is 1. The third-order valence-electron chi connectivity index (χ3n) is 3.59. The molecule has 1 amide bonds. The molecule has 3 rings (SSSR count). The van der Waals surface area contributed by atoms with E-state index in [1.54, 1.807) is 12.1 Å². The number of nitrogens with zero attached hydrogens (tertiary/aromatic N) is 2. The molecule has 0 radical (unpaired) electrons. The average Bonchev–Trinajstić information content (AvgIpc) is 3.04. The van der Waals surface area contributed by atoms with E-state index in [4.69, 9.17) is 5.26 Å². The van der Waals surface area contributed by atoms with E-state index in [0.717, 1.165) is 13.1 Å². The summed E-state index contributed by atoms with van der Waals surface area (Å²) in [6.07, 6.45) is 1.19. The van der Waals surface area contributed by atoms with E-state index in [1.807, 2.05) is 0 Å².